The second-order valence-electron chi connectivity index (χ2n) is 3.71. The van der Waals surface area contributed by atoms with Gasteiger partial charge in [0.25, 0.3) is 0 Å². The van der Waals surface area contributed by atoms with Gasteiger partial charge in [0.1, 0.15) is 11.6 Å². The third kappa shape index (κ3) is 2.27. The zero-order valence-corrected chi connectivity index (χ0v) is 9.74. The van der Waals surface area contributed by atoms with Gasteiger partial charge in [-0.05, 0) is 19.1 Å². The van der Waals surface area contributed by atoms with Crippen LogP contribution in [0.1, 0.15) is 18.9 Å². The molecule has 0 saturated heterocycles. The number of hydrogen-bond donors (Lipinski definition) is 0. The molecule has 0 saturated carbocycles. The summed E-state index contributed by atoms with van der Waals surface area (Å²) in [6.07, 6.45) is 0.224. The molecule has 17 heavy (non-hydrogen) atoms. The first-order chi connectivity index (χ1) is 8.11. The molecule has 0 fully saturated rings. The standard InChI is InChI=1S/C12H13FN2O2/c1-3-17-11-6-8(13)4-5-9(11)10-7-12(16)15(2)14-10/h4-6H,3,7H2,1-2H3. The minimum absolute atomic E-state index is 0.0771. The van der Waals surface area contributed by atoms with Crippen LogP contribution in [0.3, 0.4) is 0 Å². The number of halogens is 1. The Balaban J connectivity index is 2.38. The van der Waals surface area contributed by atoms with Crippen LogP contribution in [0.15, 0.2) is 23.3 Å². The topological polar surface area (TPSA) is 41.9 Å². The summed E-state index contributed by atoms with van der Waals surface area (Å²) in [6, 6.07) is 4.24. The molecule has 1 aromatic carbocycles. The van der Waals surface area contributed by atoms with Crippen LogP contribution >= 0.6 is 0 Å². The lowest BCUT2D eigenvalue weighted by Gasteiger charge is -2.09. The highest BCUT2D eigenvalue weighted by atomic mass is 19.1. The van der Waals surface area contributed by atoms with E-state index in [1.54, 1.807) is 13.1 Å². The Morgan fingerprint density at radius 2 is 2.29 bits per heavy atom. The highest BCUT2D eigenvalue weighted by molar-refractivity contribution is 6.14. The normalized spacial score (nSPS) is 15.1. The van der Waals surface area contributed by atoms with Crippen LogP contribution in [-0.4, -0.2) is 30.3 Å². The average Bonchev–Trinajstić information content (AvgIpc) is 2.60. The summed E-state index contributed by atoms with van der Waals surface area (Å²) in [5, 5.41) is 5.40. The Kier molecular flexibility index (Phi) is 3.08. The summed E-state index contributed by atoms with van der Waals surface area (Å²) in [5.74, 6) is -0.0170. The van der Waals surface area contributed by atoms with E-state index in [4.69, 9.17) is 4.74 Å². The van der Waals surface area contributed by atoms with Crippen LogP contribution in [0.25, 0.3) is 0 Å². The average molecular weight is 236 g/mol. The highest BCUT2D eigenvalue weighted by Gasteiger charge is 2.24. The Morgan fingerprint density at radius 1 is 1.53 bits per heavy atom. The van der Waals surface area contributed by atoms with Gasteiger partial charge in [0.05, 0.1) is 18.7 Å². The van der Waals surface area contributed by atoms with E-state index in [-0.39, 0.29) is 18.1 Å². The molecule has 1 aliphatic heterocycles. The second kappa shape index (κ2) is 4.53. The molecule has 5 heteroatoms. The van der Waals surface area contributed by atoms with Gasteiger partial charge in [0, 0.05) is 18.7 Å². The van der Waals surface area contributed by atoms with E-state index in [1.807, 2.05) is 6.92 Å². The molecule has 0 N–H and O–H groups in total. The third-order valence-corrected chi connectivity index (χ3v) is 2.50. The van der Waals surface area contributed by atoms with Crippen LogP contribution < -0.4 is 4.74 Å². The first-order valence-corrected chi connectivity index (χ1v) is 5.38. The van der Waals surface area contributed by atoms with Crippen molar-refractivity contribution in [1.29, 1.82) is 0 Å². The molecule has 0 aliphatic carbocycles. The molecule has 1 aromatic rings. The molecule has 90 valence electrons. The molecule has 4 nitrogen and oxygen atoms in total. The number of hydrogen-bond acceptors (Lipinski definition) is 3. The lowest BCUT2D eigenvalue weighted by atomic mass is 10.1. The molecular formula is C12H13FN2O2. The Hall–Kier alpha value is -1.91. The largest absolute Gasteiger partial charge is 0.493 e. The summed E-state index contributed by atoms with van der Waals surface area (Å²) in [4.78, 5) is 11.4. The monoisotopic (exact) mass is 236 g/mol. The summed E-state index contributed by atoms with van der Waals surface area (Å²) in [7, 11) is 1.60. The number of hydrazone groups is 1. The number of amides is 1. The quantitative estimate of drug-likeness (QED) is 0.802. The molecule has 2 rings (SSSR count). The summed E-state index contributed by atoms with van der Waals surface area (Å²) >= 11 is 0. The molecule has 0 aromatic heterocycles. The maximum atomic E-state index is 13.1. The minimum Gasteiger partial charge on any atom is -0.493 e. The van der Waals surface area contributed by atoms with Crippen molar-refractivity contribution in [3.8, 4) is 5.75 Å². The van der Waals surface area contributed by atoms with Crippen molar-refractivity contribution in [1.82, 2.24) is 5.01 Å². The van der Waals surface area contributed by atoms with E-state index in [2.05, 4.69) is 5.10 Å². The van der Waals surface area contributed by atoms with E-state index in [1.165, 1.54) is 17.1 Å². The number of carbonyl (C=O) groups excluding carboxylic acids is 1. The zero-order chi connectivity index (χ0) is 12.4. The molecule has 0 atom stereocenters. The first-order valence-electron chi connectivity index (χ1n) is 5.38. The number of rotatable bonds is 3. The smallest absolute Gasteiger partial charge is 0.248 e. The molecule has 0 spiro atoms. The van der Waals surface area contributed by atoms with E-state index < -0.39 is 0 Å². The summed E-state index contributed by atoms with van der Waals surface area (Å²) in [5.41, 5.74) is 1.28. The van der Waals surface area contributed by atoms with Gasteiger partial charge in [0.2, 0.25) is 5.91 Å². The van der Waals surface area contributed by atoms with Crippen LogP contribution in [0, 0.1) is 5.82 Å². The maximum absolute atomic E-state index is 13.1. The molecule has 1 amide bonds. The Morgan fingerprint density at radius 3 is 2.88 bits per heavy atom. The molecule has 0 unspecified atom stereocenters. The van der Waals surface area contributed by atoms with Crippen LogP contribution in [0.4, 0.5) is 4.39 Å². The van der Waals surface area contributed by atoms with Gasteiger partial charge in [0.15, 0.2) is 0 Å². The number of nitrogens with zero attached hydrogens (tertiary/aromatic N) is 2. The zero-order valence-electron chi connectivity index (χ0n) is 9.74. The van der Waals surface area contributed by atoms with Crippen molar-refractivity contribution in [2.24, 2.45) is 5.10 Å². The third-order valence-electron chi connectivity index (χ3n) is 2.50. The molecule has 0 bridgehead atoms. The van der Waals surface area contributed by atoms with Crippen LogP contribution in [-0.2, 0) is 4.79 Å². The van der Waals surface area contributed by atoms with Gasteiger partial charge in [-0.3, -0.25) is 4.79 Å². The molecular weight excluding hydrogens is 223 g/mol. The van der Waals surface area contributed by atoms with E-state index in [9.17, 15) is 9.18 Å². The van der Waals surface area contributed by atoms with Crippen molar-refractivity contribution >= 4 is 11.6 Å². The van der Waals surface area contributed by atoms with Crippen LogP contribution in [0.5, 0.6) is 5.75 Å². The van der Waals surface area contributed by atoms with Crippen molar-refractivity contribution in [3.63, 3.8) is 0 Å². The van der Waals surface area contributed by atoms with Gasteiger partial charge in [-0.2, -0.15) is 5.10 Å². The summed E-state index contributed by atoms with van der Waals surface area (Å²) in [6.45, 7) is 2.26. The Labute approximate surface area is 98.7 Å². The van der Waals surface area contributed by atoms with Gasteiger partial charge in [-0.15, -0.1) is 0 Å². The van der Waals surface area contributed by atoms with Crippen molar-refractivity contribution in [2.45, 2.75) is 13.3 Å². The number of carbonyl (C=O) groups is 1. The van der Waals surface area contributed by atoms with E-state index in [0.717, 1.165) is 0 Å². The van der Waals surface area contributed by atoms with Crippen LogP contribution in [0.2, 0.25) is 0 Å². The lowest BCUT2D eigenvalue weighted by Crippen LogP contribution is -2.14. The van der Waals surface area contributed by atoms with Gasteiger partial charge in [-0.25, -0.2) is 9.40 Å². The van der Waals surface area contributed by atoms with E-state index in [0.29, 0.717) is 23.6 Å². The van der Waals surface area contributed by atoms with Crippen molar-refractivity contribution in [3.05, 3.63) is 29.6 Å². The lowest BCUT2D eigenvalue weighted by molar-refractivity contribution is -0.127. The van der Waals surface area contributed by atoms with Gasteiger partial charge >= 0.3 is 0 Å². The summed E-state index contributed by atoms with van der Waals surface area (Å²) < 4.78 is 18.5. The highest BCUT2D eigenvalue weighted by Crippen LogP contribution is 2.24. The maximum Gasteiger partial charge on any atom is 0.248 e. The fourth-order valence-electron chi connectivity index (χ4n) is 1.69. The SMILES string of the molecule is CCOc1cc(F)ccc1C1=NN(C)C(=O)C1. The van der Waals surface area contributed by atoms with Gasteiger partial charge < -0.3 is 4.74 Å². The minimum atomic E-state index is -0.365. The number of ether oxygens (including phenoxy) is 1. The van der Waals surface area contributed by atoms with E-state index >= 15 is 0 Å². The second-order valence-corrected chi connectivity index (χ2v) is 3.71. The molecule has 0 radical (unpaired) electrons. The first kappa shape index (κ1) is 11.6. The Bertz CT molecular complexity index is 485. The predicted molar refractivity (Wildman–Crippen MR) is 61.5 cm³/mol. The van der Waals surface area contributed by atoms with Crippen molar-refractivity contribution < 1.29 is 13.9 Å². The predicted octanol–water partition coefficient (Wildman–Crippen LogP) is 1.79. The fraction of sp³-hybridized carbons (Fsp3) is 0.333. The number of benzene rings is 1. The fourth-order valence-corrected chi connectivity index (χ4v) is 1.69. The molecule has 1 aliphatic rings. The molecule has 1 heterocycles. The van der Waals surface area contributed by atoms with Gasteiger partial charge in [-0.1, -0.05) is 0 Å². The van der Waals surface area contributed by atoms with Crippen molar-refractivity contribution in [2.75, 3.05) is 13.7 Å².